The molecule has 2 aromatic rings. The maximum absolute atomic E-state index is 12.5. The fourth-order valence-electron chi connectivity index (χ4n) is 3.95. The van der Waals surface area contributed by atoms with Crippen molar-refractivity contribution in [1.82, 2.24) is 15.6 Å². The smallest absolute Gasteiger partial charge is 0.251 e. The quantitative estimate of drug-likeness (QED) is 0.892. The minimum Gasteiger partial charge on any atom is -0.351 e. The third-order valence-electron chi connectivity index (χ3n) is 5.38. The van der Waals surface area contributed by atoms with Gasteiger partial charge in [0, 0.05) is 35.1 Å². The van der Waals surface area contributed by atoms with Crippen molar-refractivity contribution in [3.63, 3.8) is 0 Å². The van der Waals surface area contributed by atoms with Gasteiger partial charge in [0.05, 0.1) is 5.52 Å². The van der Waals surface area contributed by atoms with Crippen molar-refractivity contribution < 1.29 is 9.59 Å². The number of rotatable bonds is 2. The second-order valence-corrected chi connectivity index (χ2v) is 6.99. The van der Waals surface area contributed by atoms with Crippen LogP contribution in [-0.2, 0) is 4.79 Å². The highest BCUT2D eigenvalue weighted by atomic mass is 16.2. The van der Waals surface area contributed by atoms with Gasteiger partial charge in [0.25, 0.3) is 5.91 Å². The number of benzene rings is 1. The molecule has 5 heteroatoms. The van der Waals surface area contributed by atoms with Crippen molar-refractivity contribution in [1.29, 1.82) is 0 Å². The molecule has 1 saturated heterocycles. The summed E-state index contributed by atoms with van der Waals surface area (Å²) >= 11 is 0. The molecular formula is C19H21N3O2. The van der Waals surface area contributed by atoms with Gasteiger partial charge in [0.2, 0.25) is 5.91 Å². The molecule has 0 radical (unpaired) electrons. The highest BCUT2D eigenvalue weighted by Gasteiger charge is 2.40. The van der Waals surface area contributed by atoms with Gasteiger partial charge in [0.15, 0.2) is 0 Å². The first-order valence-electron chi connectivity index (χ1n) is 8.60. The summed E-state index contributed by atoms with van der Waals surface area (Å²) in [5.41, 5.74) is 1.56. The number of pyridine rings is 1. The molecule has 2 aliphatic rings. The highest BCUT2D eigenvalue weighted by Crippen LogP contribution is 2.35. The Morgan fingerprint density at radius 1 is 1.21 bits per heavy atom. The molecular weight excluding hydrogens is 302 g/mol. The lowest BCUT2D eigenvalue weighted by Gasteiger charge is -2.37. The molecule has 1 aromatic carbocycles. The average molecular weight is 323 g/mol. The topological polar surface area (TPSA) is 71.1 Å². The van der Waals surface area contributed by atoms with Crippen molar-refractivity contribution in [3.05, 3.63) is 42.1 Å². The van der Waals surface area contributed by atoms with Gasteiger partial charge in [-0.25, -0.2) is 0 Å². The molecule has 2 N–H and O–H groups in total. The fourth-order valence-corrected chi connectivity index (χ4v) is 3.95. The van der Waals surface area contributed by atoms with E-state index in [0.29, 0.717) is 12.0 Å². The van der Waals surface area contributed by atoms with Crippen molar-refractivity contribution >= 4 is 22.7 Å². The van der Waals surface area contributed by atoms with E-state index in [1.54, 1.807) is 6.20 Å². The predicted molar refractivity (Wildman–Crippen MR) is 91.6 cm³/mol. The highest BCUT2D eigenvalue weighted by molar-refractivity contribution is 5.98. The van der Waals surface area contributed by atoms with Crippen LogP contribution in [0, 0.1) is 0 Å². The van der Waals surface area contributed by atoms with E-state index in [9.17, 15) is 9.59 Å². The summed E-state index contributed by atoms with van der Waals surface area (Å²) in [6.45, 7) is 0. The Morgan fingerprint density at radius 3 is 2.79 bits per heavy atom. The number of aromatic nitrogens is 1. The van der Waals surface area contributed by atoms with Crippen LogP contribution in [0.1, 0.15) is 48.9 Å². The minimum absolute atomic E-state index is 0.00701. The predicted octanol–water partition coefficient (Wildman–Crippen LogP) is 2.56. The van der Waals surface area contributed by atoms with E-state index in [-0.39, 0.29) is 23.4 Å². The molecule has 1 aliphatic carbocycles. The zero-order chi connectivity index (χ0) is 16.6. The molecule has 1 aromatic heterocycles. The summed E-state index contributed by atoms with van der Waals surface area (Å²) in [5, 5.41) is 7.26. The van der Waals surface area contributed by atoms with Crippen LogP contribution in [0.5, 0.6) is 0 Å². The molecule has 2 heterocycles. The second kappa shape index (κ2) is 5.89. The lowest BCUT2D eigenvalue weighted by molar-refractivity contribution is -0.120. The van der Waals surface area contributed by atoms with Gasteiger partial charge in [-0.2, -0.15) is 0 Å². The first kappa shape index (κ1) is 15.1. The van der Waals surface area contributed by atoms with Crippen LogP contribution in [0.2, 0.25) is 0 Å². The molecule has 1 spiro atoms. The van der Waals surface area contributed by atoms with Crippen LogP contribution in [0.4, 0.5) is 0 Å². The summed E-state index contributed by atoms with van der Waals surface area (Å²) in [7, 11) is 0. The molecule has 124 valence electrons. The van der Waals surface area contributed by atoms with E-state index in [0.717, 1.165) is 43.0 Å². The van der Waals surface area contributed by atoms with Crippen molar-refractivity contribution in [2.75, 3.05) is 0 Å². The van der Waals surface area contributed by atoms with E-state index >= 15 is 0 Å². The third kappa shape index (κ3) is 2.86. The Balaban J connectivity index is 1.40. The maximum Gasteiger partial charge on any atom is 0.251 e. The number of nitrogens with zero attached hydrogens (tertiary/aromatic N) is 1. The molecule has 0 unspecified atom stereocenters. The Morgan fingerprint density at radius 2 is 2.04 bits per heavy atom. The monoisotopic (exact) mass is 323 g/mol. The normalized spacial score (nSPS) is 26.5. The van der Waals surface area contributed by atoms with E-state index in [4.69, 9.17) is 0 Å². The fraction of sp³-hybridized carbons (Fsp3) is 0.421. The van der Waals surface area contributed by atoms with Crippen LogP contribution in [0.15, 0.2) is 36.5 Å². The minimum atomic E-state index is -0.0304. The number of carbonyl (C=O) groups excluding carboxylic acids is 2. The van der Waals surface area contributed by atoms with Gasteiger partial charge in [-0.05, 0) is 56.4 Å². The third-order valence-corrected chi connectivity index (χ3v) is 5.38. The first-order valence-corrected chi connectivity index (χ1v) is 8.60. The summed E-state index contributed by atoms with van der Waals surface area (Å²) in [5.74, 6) is 0.138. The zero-order valence-electron chi connectivity index (χ0n) is 13.5. The Labute approximate surface area is 140 Å². The van der Waals surface area contributed by atoms with Crippen LogP contribution >= 0.6 is 0 Å². The number of nitrogens with one attached hydrogen (secondary N) is 2. The molecule has 4 rings (SSSR count). The number of amides is 2. The van der Waals surface area contributed by atoms with Crippen molar-refractivity contribution in [2.45, 2.75) is 50.1 Å². The van der Waals surface area contributed by atoms with Gasteiger partial charge in [-0.15, -0.1) is 0 Å². The van der Waals surface area contributed by atoms with Crippen molar-refractivity contribution in [3.8, 4) is 0 Å². The molecule has 1 saturated carbocycles. The largest absolute Gasteiger partial charge is 0.351 e. The van der Waals surface area contributed by atoms with Crippen LogP contribution in [0.3, 0.4) is 0 Å². The SMILES string of the molecule is O=C1CCC2(CCC(NC(=O)c3ccc4ncccc4c3)CC2)N1. The number of hydrogen-bond donors (Lipinski definition) is 2. The van der Waals surface area contributed by atoms with E-state index in [1.165, 1.54) is 0 Å². The van der Waals surface area contributed by atoms with Gasteiger partial charge in [0.1, 0.15) is 0 Å². The molecule has 0 atom stereocenters. The summed E-state index contributed by atoms with van der Waals surface area (Å²) in [6.07, 6.45) is 7.06. The number of hydrogen-bond acceptors (Lipinski definition) is 3. The van der Waals surface area contributed by atoms with Crippen LogP contribution < -0.4 is 10.6 Å². The molecule has 2 amide bonds. The van der Waals surface area contributed by atoms with Gasteiger partial charge in [-0.1, -0.05) is 6.07 Å². The lowest BCUT2D eigenvalue weighted by atomic mass is 9.78. The first-order chi connectivity index (χ1) is 11.6. The van der Waals surface area contributed by atoms with Gasteiger partial charge in [-0.3, -0.25) is 14.6 Å². The van der Waals surface area contributed by atoms with Crippen LogP contribution in [-0.4, -0.2) is 28.4 Å². The van der Waals surface area contributed by atoms with Gasteiger partial charge < -0.3 is 10.6 Å². The molecule has 5 nitrogen and oxygen atoms in total. The standard InChI is InChI=1S/C19H21N3O2/c23-17-7-10-19(22-17)8-5-15(6-9-19)21-18(24)14-3-4-16-13(12-14)2-1-11-20-16/h1-4,11-12,15H,5-10H2,(H,21,24)(H,22,23). The van der Waals surface area contributed by atoms with Crippen LogP contribution in [0.25, 0.3) is 10.9 Å². The molecule has 0 bridgehead atoms. The summed E-state index contributed by atoms with van der Waals surface area (Å²) < 4.78 is 0. The lowest BCUT2D eigenvalue weighted by Crippen LogP contribution is -2.49. The maximum atomic E-state index is 12.5. The Bertz CT molecular complexity index is 794. The Hall–Kier alpha value is -2.43. The second-order valence-electron chi connectivity index (χ2n) is 6.99. The van der Waals surface area contributed by atoms with E-state index in [2.05, 4.69) is 15.6 Å². The zero-order valence-corrected chi connectivity index (χ0v) is 13.5. The Kier molecular flexibility index (Phi) is 3.71. The number of carbonyl (C=O) groups is 2. The van der Waals surface area contributed by atoms with E-state index in [1.807, 2.05) is 30.3 Å². The molecule has 2 fully saturated rings. The number of fused-ring (bicyclic) bond motifs is 1. The van der Waals surface area contributed by atoms with Crippen molar-refractivity contribution in [2.24, 2.45) is 0 Å². The summed E-state index contributed by atoms with van der Waals surface area (Å²) in [6, 6.07) is 9.62. The molecule has 1 aliphatic heterocycles. The molecule has 24 heavy (non-hydrogen) atoms. The van der Waals surface area contributed by atoms with Gasteiger partial charge >= 0.3 is 0 Å². The van der Waals surface area contributed by atoms with E-state index < -0.39 is 0 Å². The average Bonchev–Trinajstić information content (AvgIpc) is 2.97. The summed E-state index contributed by atoms with van der Waals surface area (Å²) in [4.78, 5) is 28.3.